The summed E-state index contributed by atoms with van der Waals surface area (Å²) in [5.74, 6) is 1.84. The Labute approximate surface area is 166 Å². The van der Waals surface area contributed by atoms with E-state index < -0.39 is 12.1 Å². The van der Waals surface area contributed by atoms with Gasteiger partial charge in [0, 0.05) is 11.8 Å². The van der Waals surface area contributed by atoms with E-state index in [1.165, 1.54) is 0 Å². The standard InChI is InChI=1S/C22H30N2O4/c1-16(2)8-7-13-28-21-14-18(11-12-20(21)27-3)23-22(26)24-19(15-25)17-9-5-4-6-10-17/h4-6,9-12,14,16,19,25H,7-8,13,15H2,1-3H3,(H2,23,24,26)/t19-/m0/s1. The fraction of sp³-hybridized carbons (Fsp3) is 0.409. The zero-order chi connectivity index (χ0) is 20.4. The van der Waals surface area contributed by atoms with Crippen molar-refractivity contribution in [3.05, 3.63) is 54.1 Å². The summed E-state index contributed by atoms with van der Waals surface area (Å²) in [5, 5.41) is 15.1. The van der Waals surface area contributed by atoms with Crippen LogP contribution in [0.25, 0.3) is 0 Å². The summed E-state index contributed by atoms with van der Waals surface area (Å²) in [6.45, 7) is 4.76. The van der Waals surface area contributed by atoms with Gasteiger partial charge in [-0.05, 0) is 36.5 Å². The summed E-state index contributed by atoms with van der Waals surface area (Å²) in [4.78, 5) is 12.4. The Bertz CT molecular complexity index is 735. The molecule has 1 atom stereocenters. The van der Waals surface area contributed by atoms with Crippen molar-refractivity contribution in [2.45, 2.75) is 32.7 Å². The molecule has 2 aromatic carbocycles. The van der Waals surface area contributed by atoms with Crippen molar-refractivity contribution < 1.29 is 19.4 Å². The number of aliphatic hydroxyl groups is 1. The summed E-state index contributed by atoms with van der Waals surface area (Å²) in [5.41, 5.74) is 1.42. The van der Waals surface area contributed by atoms with Crippen LogP contribution in [0.15, 0.2) is 48.5 Å². The van der Waals surface area contributed by atoms with Crippen LogP contribution in [-0.4, -0.2) is 31.5 Å². The van der Waals surface area contributed by atoms with E-state index in [2.05, 4.69) is 24.5 Å². The van der Waals surface area contributed by atoms with Gasteiger partial charge in [0.05, 0.1) is 26.4 Å². The van der Waals surface area contributed by atoms with Gasteiger partial charge in [-0.1, -0.05) is 44.2 Å². The van der Waals surface area contributed by atoms with Crippen molar-refractivity contribution in [3.63, 3.8) is 0 Å². The minimum atomic E-state index is -0.480. The molecule has 0 heterocycles. The van der Waals surface area contributed by atoms with E-state index >= 15 is 0 Å². The van der Waals surface area contributed by atoms with E-state index in [0.717, 1.165) is 18.4 Å². The lowest BCUT2D eigenvalue weighted by atomic mass is 10.1. The molecule has 6 heteroatoms. The zero-order valence-electron chi connectivity index (χ0n) is 16.8. The molecule has 0 fully saturated rings. The Kier molecular flexibility index (Phi) is 8.62. The normalized spacial score (nSPS) is 11.8. The van der Waals surface area contributed by atoms with Crippen LogP contribution in [-0.2, 0) is 0 Å². The molecule has 0 saturated heterocycles. The molecule has 0 bridgehead atoms. The highest BCUT2D eigenvalue weighted by atomic mass is 16.5. The van der Waals surface area contributed by atoms with Crippen molar-refractivity contribution in [2.24, 2.45) is 5.92 Å². The van der Waals surface area contributed by atoms with Gasteiger partial charge in [-0.25, -0.2) is 4.79 Å². The van der Waals surface area contributed by atoms with Crippen LogP contribution in [0.4, 0.5) is 10.5 Å². The van der Waals surface area contributed by atoms with E-state index in [1.807, 2.05) is 30.3 Å². The smallest absolute Gasteiger partial charge is 0.319 e. The molecule has 28 heavy (non-hydrogen) atoms. The second-order valence-corrected chi connectivity index (χ2v) is 6.99. The molecule has 0 radical (unpaired) electrons. The van der Waals surface area contributed by atoms with E-state index in [0.29, 0.717) is 29.7 Å². The van der Waals surface area contributed by atoms with Crippen LogP contribution >= 0.6 is 0 Å². The second kappa shape index (κ2) is 11.2. The number of hydrogen-bond donors (Lipinski definition) is 3. The number of methoxy groups -OCH3 is 1. The molecule has 3 N–H and O–H groups in total. The average molecular weight is 386 g/mol. The van der Waals surface area contributed by atoms with Crippen LogP contribution in [0, 0.1) is 5.92 Å². The molecule has 2 amide bonds. The van der Waals surface area contributed by atoms with Crippen LogP contribution in [0.2, 0.25) is 0 Å². The van der Waals surface area contributed by atoms with Gasteiger partial charge in [-0.3, -0.25) is 0 Å². The predicted molar refractivity (Wildman–Crippen MR) is 111 cm³/mol. The second-order valence-electron chi connectivity index (χ2n) is 6.99. The van der Waals surface area contributed by atoms with Gasteiger partial charge in [0.1, 0.15) is 0 Å². The zero-order valence-corrected chi connectivity index (χ0v) is 16.8. The molecule has 0 aliphatic rings. The molecule has 6 nitrogen and oxygen atoms in total. The minimum absolute atomic E-state index is 0.190. The number of urea groups is 1. The van der Waals surface area contributed by atoms with Crippen LogP contribution in [0.1, 0.15) is 38.3 Å². The van der Waals surface area contributed by atoms with Gasteiger partial charge in [0.2, 0.25) is 0 Å². The summed E-state index contributed by atoms with van der Waals surface area (Å²) in [7, 11) is 1.59. The topological polar surface area (TPSA) is 79.8 Å². The highest BCUT2D eigenvalue weighted by molar-refractivity contribution is 5.90. The first-order chi connectivity index (χ1) is 13.5. The van der Waals surface area contributed by atoms with Crippen LogP contribution < -0.4 is 20.1 Å². The number of rotatable bonds is 10. The third-order valence-corrected chi connectivity index (χ3v) is 4.29. The predicted octanol–water partition coefficient (Wildman–Crippen LogP) is 4.37. The largest absolute Gasteiger partial charge is 0.493 e. The third kappa shape index (κ3) is 6.78. The van der Waals surface area contributed by atoms with Crippen LogP contribution in [0.5, 0.6) is 11.5 Å². The van der Waals surface area contributed by atoms with Gasteiger partial charge >= 0.3 is 6.03 Å². The molecule has 152 valence electrons. The molecule has 0 spiro atoms. The molecular formula is C22H30N2O4. The molecule has 0 unspecified atom stereocenters. The first-order valence-corrected chi connectivity index (χ1v) is 9.57. The van der Waals surface area contributed by atoms with Crippen molar-refractivity contribution in [1.29, 1.82) is 0 Å². The molecule has 0 aromatic heterocycles. The lowest BCUT2D eigenvalue weighted by Crippen LogP contribution is -2.34. The SMILES string of the molecule is COc1ccc(NC(=O)N[C@@H](CO)c2ccccc2)cc1OCCCC(C)C. The third-order valence-electron chi connectivity index (χ3n) is 4.29. The quantitative estimate of drug-likeness (QED) is 0.530. The van der Waals surface area contributed by atoms with E-state index in [4.69, 9.17) is 9.47 Å². The monoisotopic (exact) mass is 386 g/mol. The number of hydrogen-bond acceptors (Lipinski definition) is 4. The number of carbonyl (C=O) groups is 1. The summed E-state index contributed by atoms with van der Waals surface area (Å²) < 4.78 is 11.2. The number of nitrogens with one attached hydrogen (secondary N) is 2. The molecule has 2 rings (SSSR count). The van der Waals surface area contributed by atoms with Gasteiger partial charge in [-0.15, -0.1) is 0 Å². The molecule has 2 aromatic rings. The van der Waals surface area contributed by atoms with Gasteiger partial charge in [0.15, 0.2) is 11.5 Å². The lowest BCUT2D eigenvalue weighted by Gasteiger charge is -2.18. The number of amides is 2. The first kappa shape index (κ1) is 21.6. The highest BCUT2D eigenvalue weighted by Gasteiger charge is 2.14. The lowest BCUT2D eigenvalue weighted by molar-refractivity contribution is 0.225. The number of aliphatic hydroxyl groups excluding tert-OH is 1. The maximum Gasteiger partial charge on any atom is 0.319 e. The first-order valence-electron chi connectivity index (χ1n) is 9.57. The maximum atomic E-state index is 12.4. The molecule has 0 saturated carbocycles. The number of carbonyl (C=O) groups excluding carboxylic acids is 1. The van der Waals surface area contributed by atoms with Crippen molar-refractivity contribution >= 4 is 11.7 Å². The Morgan fingerprint density at radius 3 is 2.50 bits per heavy atom. The number of benzene rings is 2. The van der Waals surface area contributed by atoms with Gasteiger partial charge in [0.25, 0.3) is 0 Å². The summed E-state index contributed by atoms with van der Waals surface area (Å²) in [6, 6.07) is 13.7. The number of anilines is 1. The van der Waals surface area contributed by atoms with Crippen molar-refractivity contribution in [3.8, 4) is 11.5 Å². The fourth-order valence-electron chi connectivity index (χ4n) is 2.79. The average Bonchev–Trinajstić information content (AvgIpc) is 2.70. The molecule has 0 aliphatic heterocycles. The summed E-state index contributed by atoms with van der Waals surface area (Å²) in [6.07, 6.45) is 2.04. The van der Waals surface area contributed by atoms with Crippen molar-refractivity contribution in [1.82, 2.24) is 5.32 Å². The molecule has 0 aliphatic carbocycles. The fourth-order valence-corrected chi connectivity index (χ4v) is 2.79. The van der Waals surface area contributed by atoms with E-state index in [1.54, 1.807) is 25.3 Å². The minimum Gasteiger partial charge on any atom is -0.493 e. The summed E-state index contributed by atoms with van der Waals surface area (Å²) >= 11 is 0. The van der Waals surface area contributed by atoms with Gasteiger partial charge in [-0.2, -0.15) is 0 Å². The van der Waals surface area contributed by atoms with Crippen LogP contribution in [0.3, 0.4) is 0 Å². The highest BCUT2D eigenvalue weighted by Crippen LogP contribution is 2.30. The Hall–Kier alpha value is -2.73. The number of ether oxygens (including phenoxy) is 2. The van der Waals surface area contributed by atoms with E-state index in [9.17, 15) is 9.90 Å². The molecular weight excluding hydrogens is 356 g/mol. The Morgan fingerprint density at radius 2 is 1.86 bits per heavy atom. The Balaban J connectivity index is 1.98. The maximum absolute atomic E-state index is 12.4. The van der Waals surface area contributed by atoms with E-state index in [-0.39, 0.29) is 6.61 Å². The van der Waals surface area contributed by atoms with Crippen molar-refractivity contribution in [2.75, 3.05) is 25.6 Å². The van der Waals surface area contributed by atoms with Gasteiger partial charge < -0.3 is 25.2 Å². The Morgan fingerprint density at radius 1 is 1.11 bits per heavy atom.